The smallest absolute Gasteiger partial charge is 0.407 e. The number of nitrogens with zero attached hydrogens (tertiary/aromatic N) is 1. The molecule has 0 saturated carbocycles. The number of carbonyl (C=O) groups excluding carboxylic acids is 1. The highest BCUT2D eigenvalue weighted by molar-refractivity contribution is 5.72. The van der Waals surface area contributed by atoms with Crippen LogP contribution in [0.2, 0.25) is 0 Å². The number of aldehydes is 1. The summed E-state index contributed by atoms with van der Waals surface area (Å²) in [5.41, 5.74) is -0.352. The van der Waals surface area contributed by atoms with Gasteiger partial charge in [-0.3, -0.25) is 0 Å². The fourth-order valence-electron chi connectivity index (χ4n) is 0.995. The molecule has 0 radical (unpaired) electrons. The molecule has 0 bridgehead atoms. The van der Waals surface area contributed by atoms with Crippen LogP contribution in [0.15, 0.2) is 0 Å². The van der Waals surface area contributed by atoms with Crippen molar-refractivity contribution in [3.05, 3.63) is 0 Å². The molecule has 1 amide bonds. The number of hydrogen-bond donors (Lipinski definition) is 1. The van der Waals surface area contributed by atoms with Crippen LogP contribution in [0, 0.1) is 5.41 Å². The van der Waals surface area contributed by atoms with Crippen molar-refractivity contribution in [3.63, 3.8) is 0 Å². The van der Waals surface area contributed by atoms with Crippen molar-refractivity contribution in [1.29, 1.82) is 0 Å². The third kappa shape index (κ3) is 2.53. The summed E-state index contributed by atoms with van der Waals surface area (Å²) in [4.78, 5) is 22.1. The minimum atomic E-state index is -1.08. The zero-order valence-electron chi connectivity index (χ0n) is 7.87. The first-order valence-corrected chi connectivity index (χ1v) is 3.71. The summed E-state index contributed by atoms with van der Waals surface area (Å²) in [5, 5.41) is 8.61. The van der Waals surface area contributed by atoms with E-state index in [1.807, 2.05) is 20.8 Å². The normalized spacial score (nSPS) is 13.7. The van der Waals surface area contributed by atoms with Gasteiger partial charge in [0.25, 0.3) is 0 Å². The SMILES string of the molecule is CN(C(=O)O)C(C=O)C(C)(C)C. The maximum Gasteiger partial charge on any atom is 0.407 e. The summed E-state index contributed by atoms with van der Waals surface area (Å²) in [5.74, 6) is 0. The highest BCUT2D eigenvalue weighted by Crippen LogP contribution is 2.21. The molecule has 12 heavy (non-hydrogen) atoms. The fourth-order valence-corrected chi connectivity index (χ4v) is 0.995. The van der Waals surface area contributed by atoms with Gasteiger partial charge in [0.05, 0.1) is 6.04 Å². The highest BCUT2D eigenvalue weighted by atomic mass is 16.4. The fraction of sp³-hybridized carbons (Fsp3) is 0.750. The van der Waals surface area contributed by atoms with E-state index in [9.17, 15) is 9.59 Å². The highest BCUT2D eigenvalue weighted by Gasteiger charge is 2.30. The standard InChI is InChI=1S/C8H15NO3/c1-8(2,3)6(5-10)9(4)7(11)12/h5-6H,1-4H3,(H,11,12). The molecule has 0 aliphatic rings. The first-order chi connectivity index (χ1) is 5.30. The van der Waals surface area contributed by atoms with E-state index in [1.54, 1.807) is 0 Å². The van der Waals surface area contributed by atoms with Gasteiger partial charge in [0.1, 0.15) is 6.29 Å². The first kappa shape index (κ1) is 10.9. The molecule has 4 heteroatoms. The van der Waals surface area contributed by atoms with Crippen LogP contribution in [-0.4, -0.2) is 35.5 Å². The van der Waals surface area contributed by atoms with Gasteiger partial charge in [-0.15, -0.1) is 0 Å². The van der Waals surface area contributed by atoms with Gasteiger partial charge in [-0.25, -0.2) is 4.79 Å². The molecule has 0 rings (SSSR count). The quantitative estimate of drug-likeness (QED) is 0.638. The number of hydrogen-bond acceptors (Lipinski definition) is 2. The van der Waals surface area contributed by atoms with Crippen molar-refractivity contribution in [1.82, 2.24) is 4.90 Å². The van der Waals surface area contributed by atoms with Gasteiger partial charge in [0.15, 0.2) is 0 Å². The van der Waals surface area contributed by atoms with Gasteiger partial charge in [-0.1, -0.05) is 20.8 Å². The number of amides is 1. The molecule has 0 aliphatic carbocycles. The molecule has 4 nitrogen and oxygen atoms in total. The second-order valence-electron chi connectivity index (χ2n) is 3.84. The van der Waals surface area contributed by atoms with E-state index in [4.69, 9.17) is 5.11 Å². The lowest BCUT2D eigenvalue weighted by molar-refractivity contribution is -0.114. The van der Waals surface area contributed by atoms with Crippen molar-refractivity contribution < 1.29 is 14.7 Å². The Bertz CT molecular complexity index is 183. The Kier molecular flexibility index (Phi) is 3.24. The minimum Gasteiger partial charge on any atom is -0.465 e. The number of carbonyl (C=O) groups is 2. The van der Waals surface area contributed by atoms with E-state index >= 15 is 0 Å². The van der Waals surface area contributed by atoms with Gasteiger partial charge in [-0.05, 0) is 5.41 Å². The molecule has 0 saturated heterocycles. The van der Waals surface area contributed by atoms with Gasteiger partial charge in [0, 0.05) is 7.05 Å². The third-order valence-electron chi connectivity index (χ3n) is 1.74. The number of carboxylic acid groups (broad SMARTS) is 1. The third-order valence-corrected chi connectivity index (χ3v) is 1.74. The lowest BCUT2D eigenvalue weighted by Gasteiger charge is -2.31. The summed E-state index contributed by atoms with van der Waals surface area (Å²) < 4.78 is 0. The summed E-state index contributed by atoms with van der Waals surface area (Å²) in [6.07, 6.45) is -0.421. The lowest BCUT2D eigenvalue weighted by atomic mass is 9.87. The van der Waals surface area contributed by atoms with E-state index in [2.05, 4.69) is 0 Å². The largest absolute Gasteiger partial charge is 0.465 e. The average molecular weight is 173 g/mol. The molecule has 0 fully saturated rings. The Balaban J connectivity index is 4.57. The van der Waals surface area contributed by atoms with Crippen molar-refractivity contribution >= 4 is 12.4 Å². The minimum absolute atomic E-state index is 0.352. The van der Waals surface area contributed by atoms with Gasteiger partial charge in [-0.2, -0.15) is 0 Å². The summed E-state index contributed by atoms with van der Waals surface area (Å²) in [6.45, 7) is 5.47. The van der Waals surface area contributed by atoms with E-state index in [1.165, 1.54) is 7.05 Å². The lowest BCUT2D eigenvalue weighted by Crippen LogP contribution is -2.45. The van der Waals surface area contributed by atoms with Crippen LogP contribution >= 0.6 is 0 Å². The molecule has 0 aromatic carbocycles. The maximum absolute atomic E-state index is 10.6. The molecule has 0 spiro atoms. The Morgan fingerprint density at radius 3 is 2.00 bits per heavy atom. The van der Waals surface area contributed by atoms with E-state index in [0.29, 0.717) is 6.29 Å². The molecule has 0 aliphatic heterocycles. The van der Waals surface area contributed by atoms with Crippen molar-refractivity contribution in [2.75, 3.05) is 7.05 Å². The Morgan fingerprint density at radius 1 is 1.50 bits per heavy atom. The second kappa shape index (κ2) is 3.56. The molecule has 70 valence electrons. The van der Waals surface area contributed by atoms with Crippen LogP contribution in [0.3, 0.4) is 0 Å². The zero-order chi connectivity index (χ0) is 9.94. The van der Waals surface area contributed by atoms with Gasteiger partial charge >= 0.3 is 6.09 Å². The summed E-state index contributed by atoms with van der Waals surface area (Å²) in [6, 6.07) is -0.588. The molecular formula is C8H15NO3. The van der Waals surface area contributed by atoms with Crippen LogP contribution in [0.5, 0.6) is 0 Å². The van der Waals surface area contributed by atoms with Crippen molar-refractivity contribution in [3.8, 4) is 0 Å². The van der Waals surface area contributed by atoms with Crippen LogP contribution in [0.25, 0.3) is 0 Å². The van der Waals surface area contributed by atoms with Crippen LogP contribution in [0.4, 0.5) is 4.79 Å². The van der Waals surface area contributed by atoms with E-state index in [0.717, 1.165) is 4.90 Å². The topological polar surface area (TPSA) is 57.6 Å². The van der Waals surface area contributed by atoms with Gasteiger partial charge in [0.2, 0.25) is 0 Å². The molecular weight excluding hydrogens is 158 g/mol. The molecule has 1 atom stereocenters. The molecule has 1 unspecified atom stereocenters. The molecule has 1 N–H and O–H groups in total. The van der Waals surface area contributed by atoms with Crippen LogP contribution in [0.1, 0.15) is 20.8 Å². The van der Waals surface area contributed by atoms with Gasteiger partial charge < -0.3 is 14.8 Å². The molecule has 0 aromatic heterocycles. The number of rotatable bonds is 2. The average Bonchev–Trinajstić information content (AvgIpc) is 1.85. The monoisotopic (exact) mass is 173 g/mol. The first-order valence-electron chi connectivity index (χ1n) is 3.71. The predicted octanol–water partition coefficient (Wildman–Crippen LogP) is 1.21. The van der Waals surface area contributed by atoms with Crippen molar-refractivity contribution in [2.24, 2.45) is 5.41 Å². The Labute approximate surface area is 72.2 Å². The molecule has 0 aromatic rings. The van der Waals surface area contributed by atoms with Crippen LogP contribution in [-0.2, 0) is 4.79 Å². The zero-order valence-corrected chi connectivity index (χ0v) is 7.87. The Morgan fingerprint density at radius 2 is 1.92 bits per heavy atom. The van der Waals surface area contributed by atoms with E-state index in [-0.39, 0.29) is 5.41 Å². The molecule has 0 heterocycles. The summed E-state index contributed by atoms with van der Waals surface area (Å²) in [7, 11) is 1.40. The maximum atomic E-state index is 10.6. The Hall–Kier alpha value is -1.06. The van der Waals surface area contributed by atoms with Crippen molar-refractivity contribution in [2.45, 2.75) is 26.8 Å². The number of likely N-dealkylation sites (N-methyl/N-ethyl adjacent to an activating group) is 1. The van der Waals surface area contributed by atoms with E-state index < -0.39 is 12.1 Å². The van der Waals surface area contributed by atoms with Crippen LogP contribution < -0.4 is 0 Å². The second-order valence-corrected chi connectivity index (χ2v) is 3.84. The predicted molar refractivity (Wildman–Crippen MR) is 45.1 cm³/mol. The summed E-state index contributed by atoms with van der Waals surface area (Å²) >= 11 is 0.